The van der Waals surface area contributed by atoms with E-state index < -0.39 is 5.91 Å². The predicted molar refractivity (Wildman–Crippen MR) is 103 cm³/mol. The molecule has 1 amide bonds. The average molecular weight is 369 g/mol. The minimum absolute atomic E-state index is 0.175. The number of rotatable bonds is 6. The number of hydrogen-bond donors (Lipinski definition) is 1. The number of carbonyl (C=O) groups excluding carboxylic acids is 1. The van der Waals surface area contributed by atoms with Crippen molar-refractivity contribution in [3.05, 3.63) is 52.3 Å². The zero-order valence-electron chi connectivity index (χ0n) is 15.9. The summed E-state index contributed by atoms with van der Waals surface area (Å²) in [5.41, 5.74) is 0.717. The maximum atomic E-state index is 12.8. The Morgan fingerprint density at radius 3 is 2.63 bits per heavy atom. The van der Waals surface area contributed by atoms with Gasteiger partial charge in [0.2, 0.25) is 5.71 Å². The van der Waals surface area contributed by atoms with Crippen molar-refractivity contribution in [1.82, 2.24) is 9.55 Å². The van der Waals surface area contributed by atoms with Gasteiger partial charge in [0.05, 0.1) is 12.2 Å². The SMILES string of the molecule is CCOc1ccc(NC(=O)c2c(C)oc3ncn(CC(C)C)c(=O)c23)cc1. The van der Waals surface area contributed by atoms with Gasteiger partial charge in [-0.1, -0.05) is 13.8 Å². The van der Waals surface area contributed by atoms with Gasteiger partial charge >= 0.3 is 0 Å². The average Bonchev–Trinajstić information content (AvgIpc) is 2.96. The fourth-order valence-corrected chi connectivity index (χ4v) is 2.93. The number of nitrogens with one attached hydrogen (secondary N) is 1. The van der Waals surface area contributed by atoms with E-state index in [1.54, 1.807) is 31.2 Å². The third kappa shape index (κ3) is 3.86. The molecule has 0 spiro atoms. The molecule has 0 fully saturated rings. The summed E-state index contributed by atoms with van der Waals surface area (Å²) in [4.78, 5) is 29.9. The first-order chi connectivity index (χ1) is 12.9. The van der Waals surface area contributed by atoms with Gasteiger partial charge < -0.3 is 14.5 Å². The summed E-state index contributed by atoms with van der Waals surface area (Å²) < 4.78 is 12.4. The highest BCUT2D eigenvalue weighted by Crippen LogP contribution is 2.23. The Bertz CT molecular complexity index is 1020. The van der Waals surface area contributed by atoms with Crippen LogP contribution in [0.1, 0.15) is 36.9 Å². The maximum absolute atomic E-state index is 12.8. The molecule has 2 heterocycles. The molecule has 0 bridgehead atoms. The van der Waals surface area contributed by atoms with Crippen molar-refractivity contribution >= 4 is 22.7 Å². The molecular weight excluding hydrogens is 346 g/mol. The normalized spacial score (nSPS) is 11.1. The Hall–Kier alpha value is -3.09. The van der Waals surface area contributed by atoms with Crippen LogP contribution in [-0.4, -0.2) is 22.1 Å². The lowest BCUT2D eigenvalue weighted by atomic mass is 10.1. The van der Waals surface area contributed by atoms with Gasteiger partial charge in [0.25, 0.3) is 11.5 Å². The highest BCUT2D eigenvalue weighted by atomic mass is 16.5. The van der Waals surface area contributed by atoms with Crippen LogP contribution in [0.2, 0.25) is 0 Å². The number of hydrogen-bond acceptors (Lipinski definition) is 5. The fourth-order valence-electron chi connectivity index (χ4n) is 2.93. The van der Waals surface area contributed by atoms with Crippen LogP contribution >= 0.6 is 0 Å². The lowest BCUT2D eigenvalue weighted by Gasteiger charge is -2.08. The zero-order valence-corrected chi connectivity index (χ0v) is 15.9. The molecule has 7 heteroatoms. The summed E-state index contributed by atoms with van der Waals surface area (Å²) in [6.07, 6.45) is 1.46. The van der Waals surface area contributed by atoms with Crippen molar-refractivity contribution in [2.24, 2.45) is 5.92 Å². The molecule has 0 atom stereocenters. The minimum Gasteiger partial charge on any atom is -0.494 e. The molecule has 0 radical (unpaired) electrons. The smallest absolute Gasteiger partial charge is 0.265 e. The molecule has 1 N–H and O–H groups in total. The van der Waals surface area contributed by atoms with E-state index >= 15 is 0 Å². The second kappa shape index (κ2) is 7.65. The molecule has 1 aromatic carbocycles. The van der Waals surface area contributed by atoms with Gasteiger partial charge in [-0.25, -0.2) is 4.98 Å². The lowest BCUT2D eigenvalue weighted by molar-refractivity contribution is 0.102. The van der Waals surface area contributed by atoms with Crippen LogP contribution in [0.4, 0.5) is 5.69 Å². The Labute approximate surface area is 157 Å². The summed E-state index contributed by atoms with van der Waals surface area (Å²) in [6.45, 7) is 8.67. The molecule has 7 nitrogen and oxygen atoms in total. The predicted octanol–water partition coefficient (Wildman–Crippen LogP) is 3.60. The molecule has 2 aromatic heterocycles. The molecule has 142 valence electrons. The zero-order chi connectivity index (χ0) is 19.6. The van der Waals surface area contributed by atoms with Crippen LogP contribution < -0.4 is 15.6 Å². The third-order valence-electron chi connectivity index (χ3n) is 4.07. The van der Waals surface area contributed by atoms with E-state index in [1.807, 2.05) is 20.8 Å². The summed E-state index contributed by atoms with van der Waals surface area (Å²) >= 11 is 0. The van der Waals surface area contributed by atoms with E-state index in [-0.39, 0.29) is 28.1 Å². The number of nitrogens with zero attached hydrogens (tertiary/aromatic N) is 2. The third-order valence-corrected chi connectivity index (χ3v) is 4.07. The van der Waals surface area contributed by atoms with Crippen LogP contribution in [0.25, 0.3) is 11.1 Å². The standard InChI is InChI=1S/C20H23N3O4/c1-5-26-15-8-6-14(7-9-15)22-18(24)16-13(4)27-19-17(16)20(25)23(11-21-19)10-12(2)3/h6-9,11-12H,5,10H2,1-4H3,(H,22,24). The summed E-state index contributed by atoms with van der Waals surface area (Å²) in [6, 6.07) is 7.04. The number of fused-ring (bicyclic) bond motifs is 1. The molecule has 0 aliphatic rings. The first-order valence-electron chi connectivity index (χ1n) is 8.93. The first kappa shape index (κ1) is 18.7. The van der Waals surface area contributed by atoms with Crippen molar-refractivity contribution in [1.29, 1.82) is 0 Å². The first-order valence-corrected chi connectivity index (χ1v) is 8.93. The molecule has 27 heavy (non-hydrogen) atoms. The molecule has 0 aliphatic carbocycles. The van der Waals surface area contributed by atoms with Crippen LogP contribution in [-0.2, 0) is 6.54 Å². The highest BCUT2D eigenvalue weighted by molar-refractivity contribution is 6.12. The summed E-state index contributed by atoms with van der Waals surface area (Å²) in [7, 11) is 0. The summed E-state index contributed by atoms with van der Waals surface area (Å²) in [5.74, 6) is 0.953. The molecule has 3 aromatic rings. The van der Waals surface area contributed by atoms with Crippen LogP contribution in [0.5, 0.6) is 5.75 Å². The highest BCUT2D eigenvalue weighted by Gasteiger charge is 2.23. The van der Waals surface area contributed by atoms with E-state index in [9.17, 15) is 9.59 Å². The van der Waals surface area contributed by atoms with Crippen molar-refractivity contribution in [3.63, 3.8) is 0 Å². The molecule has 0 unspecified atom stereocenters. The number of aryl methyl sites for hydroxylation is 1. The van der Waals surface area contributed by atoms with Gasteiger partial charge in [-0.2, -0.15) is 0 Å². The van der Waals surface area contributed by atoms with Crippen LogP contribution in [0.3, 0.4) is 0 Å². The van der Waals surface area contributed by atoms with Gasteiger partial charge in [-0.3, -0.25) is 14.2 Å². The van der Waals surface area contributed by atoms with E-state index in [1.165, 1.54) is 10.9 Å². The van der Waals surface area contributed by atoms with E-state index in [0.717, 1.165) is 5.75 Å². The second-order valence-electron chi connectivity index (χ2n) is 6.72. The minimum atomic E-state index is -0.406. The van der Waals surface area contributed by atoms with Crippen LogP contribution in [0.15, 0.2) is 39.8 Å². The van der Waals surface area contributed by atoms with Gasteiger partial charge in [0.1, 0.15) is 23.2 Å². The van der Waals surface area contributed by atoms with E-state index in [4.69, 9.17) is 9.15 Å². The maximum Gasteiger partial charge on any atom is 0.265 e. The van der Waals surface area contributed by atoms with Crippen molar-refractivity contribution in [2.45, 2.75) is 34.2 Å². The molecule has 0 saturated heterocycles. The summed E-state index contributed by atoms with van der Waals surface area (Å²) in [5, 5.41) is 3.01. The van der Waals surface area contributed by atoms with Gasteiger partial charge in [0, 0.05) is 12.2 Å². The number of amides is 1. The topological polar surface area (TPSA) is 86.4 Å². The molecule has 0 saturated carbocycles. The number of furan rings is 1. The monoisotopic (exact) mass is 369 g/mol. The van der Waals surface area contributed by atoms with Crippen molar-refractivity contribution in [3.8, 4) is 5.75 Å². The Balaban J connectivity index is 1.96. The Morgan fingerprint density at radius 2 is 2.00 bits per heavy atom. The molecule has 0 aliphatic heterocycles. The quantitative estimate of drug-likeness (QED) is 0.717. The Morgan fingerprint density at radius 1 is 1.30 bits per heavy atom. The van der Waals surface area contributed by atoms with E-state index in [0.29, 0.717) is 24.6 Å². The fraction of sp³-hybridized carbons (Fsp3) is 0.350. The second-order valence-corrected chi connectivity index (χ2v) is 6.72. The molecular formula is C20H23N3O4. The van der Waals surface area contributed by atoms with Crippen LogP contribution in [0, 0.1) is 12.8 Å². The largest absolute Gasteiger partial charge is 0.494 e. The van der Waals surface area contributed by atoms with Gasteiger partial charge in [0.15, 0.2) is 0 Å². The number of ether oxygens (including phenoxy) is 1. The van der Waals surface area contributed by atoms with Gasteiger partial charge in [-0.05, 0) is 44.0 Å². The number of anilines is 1. The lowest BCUT2D eigenvalue weighted by Crippen LogP contribution is -2.24. The molecule has 3 rings (SSSR count). The number of carbonyl (C=O) groups is 1. The van der Waals surface area contributed by atoms with Gasteiger partial charge in [-0.15, -0.1) is 0 Å². The van der Waals surface area contributed by atoms with Crippen molar-refractivity contribution < 1.29 is 13.9 Å². The Kier molecular flexibility index (Phi) is 5.30. The number of aromatic nitrogens is 2. The van der Waals surface area contributed by atoms with Crippen molar-refractivity contribution in [2.75, 3.05) is 11.9 Å². The number of benzene rings is 1. The van der Waals surface area contributed by atoms with E-state index in [2.05, 4.69) is 10.3 Å².